The lowest BCUT2D eigenvalue weighted by Crippen LogP contribution is -2.07. The van der Waals surface area contributed by atoms with E-state index in [9.17, 15) is 10.1 Å². The van der Waals surface area contributed by atoms with Crippen LogP contribution in [0.1, 0.15) is 22.3 Å². The molecule has 2 N–H and O–H groups in total. The lowest BCUT2D eigenvalue weighted by Gasteiger charge is -2.13. The Hall–Kier alpha value is -3.97. The number of hydrogen-bond acceptors (Lipinski definition) is 5. The molecule has 0 radical (unpaired) electrons. The fourth-order valence-corrected chi connectivity index (χ4v) is 3.97. The van der Waals surface area contributed by atoms with E-state index in [1.165, 1.54) is 6.07 Å². The molecule has 8 heteroatoms. The number of halogens is 1. The predicted molar refractivity (Wildman–Crippen MR) is 123 cm³/mol. The Bertz CT molecular complexity index is 1420. The second-order valence-electron chi connectivity index (χ2n) is 7.22. The zero-order valence-corrected chi connectivity index (χ0v) is 17.1. The van der Waals surface area contributed by atoms with Gasteiger partial charge >= 0.3 is 0 Å². The third kappa shape index (κ3) is 3.25. The summed E-state index contributed by atoms with van der Waals surface area (Å²) in [5.41, 5.74) is 5.46. The van der Waals surface area contributed by atoms with Crippen LogP contribution in [0.15, 0.2) is 72.0 Å². The number of anilines is 1. The molecule has 0 fully saturated rings. The van der Waals surface area contributed by atoms with Gasteiger partial charge in [0.1, 0.15) is 5.52 Å². The van der Waals surface area contributed by atoms with Crippen LogP contribution in [0.2, 0.25) is 5.02 Å². The average Bonchev–Trinajstić information content (AvgIpc) is 3.16. The highest BCUT2D eigenvalue weighted by molar-refractivity contribution is 6.36. The van der Waals surface area contributed by atoms with Gasteiger partial charge in [0.2, 0.25) is 0 Å². The van der Waals surface area contributed by atoms with E-state index in [2.05, 4.69) is 15.5 Å². The van der Waals surface area contributed by atoms with Gasteiger partial charge in [0.15, 0.2) is 0 Å². The summed E-state index contributed by atoms with van der Waals surface area (Å²) in [4.78, 5) is 16.3. The first-order valence-electron chi connectivity index (χ1n) is 9.55. The highest BCUT2D eigenvalue weighted by Crippen LogP contribution is 2.38. The predicted octanol–water partition coefficient (Wildman–Crippen LogP) is 5.69. The normalized spacial score (nSPS) is 13.1. The summed E-state index contributed by atoms with van der Waals surface area (Å²) in [5, 5.41) is 23.0. The maximum atomic E-state index is 11.8. The van der Waals surface area contributed by atoms with Crippen LogP contribution in [-0.4, -0.2) is 20.8 Å². The molecule has 5 rings (SSSR count). The Morgan fingerprint density at radius 2 is 1.90 bits per heavy atom. The number of hydrogen-bond donors (Lipinski definition) is 2. The first-order chi connectivity index (χ1) is 15.0. The topological polar surface area (TPSA) is 96.2 Å². The molecule has 7 nitrogen and oxygen atoms in total. The number of H-pyrrole nitrogens is 1. The first-order valence-corrected chi connectivity index (χ1v) is 9.93. The zero-order chi connectivity index (χ0) is 21.5. The van der Waals surface area contributed by atoms with E-state index >= 15 is 0 Å². The molecule has 0 spiro atoms. The molecule has 0 bridgehead atoms. The second-order valence-corrected chi connectivity index (χ2v) is 7.62. The number of aromatic nitrogens is 2. The molecule has 1 aromatic heterocycles. The Labute approximate surface area is 182 Å². The number of fused-ring (bicyclic) bond motifs is 3. The molecule has 31 heavy (non-hydrogen) atoms. The summed E-state index contributed by atoms with van der Waals surface area (Å²) in [6, 6.07) is 16.8. The minimum Gasteiger partial charge on any atom is -0.359 e. The third-order valence-electron chi connectivity index (χ3n) is 5.20. The maximum absolute atomic E-state index is 11.8. The van der Waals surface area contributed by atoms with Gasteiger partial charge in [-0.05, 0) is 19.1 Å². The van der Waals surface area contributed by atoms with Crippen LogP contribution in [-0.2, 0) is 0 Å². The number of rotatable bonds is 3. The highest BCUT2D eigenvalue weighted by Gasteiger charge is 2.26. The average molecular weight is 430 g/mol. The van der Waals surface area contributed by atoms with E-state index in [-0.39, 0.29) is 5.69 Å². The van der Waals surface area contributed by atoms with Gasteiger partial charge in [-0.1, -0.05) is 53.6 Å². The summed E-state index contributed by atoms with van der Waals surface area (Å²) >= 11 is 6.52. The molecule has 4 aromatic rings. The molecule has 1 aliphatic heterocycles. The van der Waals surface area contributed by atoms with Gasteiger partial charge in [-0.15, -0.1) is 0 Å². The van der Waals surface area contributed by atoms with E-state index in [4.69, 9.17) is 16.6 Å². The fourth-order valence-electron chi connectivity index (χ4n) is 3.75. The van der Waals surface area contributed by atoms with E-state index in [0.29, 0.717) is 44.1 Å². The van der Waals surface area contributed by atoms with Crippen LogP contribution in [0.4, 0.5) is 11.4 Å². The molecule has 0 amide bonds. The standard InChI is InChI=1S/C23H16ClN5O2/c1-13-5-4-6-14(9-13)19-12-25-21-16(22(27-19)15-7-2-3-8-18(15)24)10-20(29(30)31)23-17(21)11-26-28-23/h2-12,25H,1H3,(H,26,28). The molecule has 0 unspecified atom stereocenters. The van der Waals surface area contributed by atoms with Crippen LogP contribution in [0.3, 0.4) is 0 Å². The van der Waals surface area contributed by atoms with Crippen LogP contribution in [0, 0.1) is 17.0 Å². The van der Waals surface area contributed by atoms with Crippen molar-refractivity contribution < 1.29 is 4.92 Å². The summed E-state index contributed by atoms with van der Waals surface area (Å²) in [5.74, 6) is 0. The number of aliphatic imine (C=N–C) groups is 1. The zero-order valence-electron chi connectivity index (χ0n) is 16.4. The van der Waals surface area contributed by atoms with E-state index in [0.717, 1.165) is 11.1 Å². The Balaban J connectivity index is 1.84. The molecule has 0 saturated carbocycles. The lowest BCUT2D eigenvalue weighted by atomic mass is 9.97. The quantitative estimate of drug-likeness (QED) is 0.322. The number of benzene rings is 3. The number of aromatic amines is 1. The first kappa shape index (κ1) is 19.0. The van der Waals surface area contributed by atoms with Crippen molar-refractivity contribution in [1.82, 2.24) is 10.2 Å². The van der Waals surface area contributed by atoms with Crippen LogP contribution < -0.4 is 5.32 Å². The smallest absolute Gasteiger partial charge is 0.295 e. The minimum absolute atomic E-state index is 0.0770. The summed E-state index contributed by atoms with van der Waals surface area (Å²) < 4.78 is 0. The van der Waals surface area contributed by atoms with Gasteiger partial charge < -0.3 is 5.32 Å². The van der Waals surface area contributed by atoms with Gasteiger partial charge in [0.25, 0.3) is 5.69 Å². The Morgan fingerprint density at radius 1 is 1.06 bits per heavy atom. The van der Waals surface area contributed by atoms with E-state index in [1.54, 1.807) is 18.5 Å². The maximum Gasteiger partial charge on any atom is 0.295 e. The fraction of sp³-hybridized carbons (Fsp3) is 0.0435. The van der Waals surface area contributed by atoms with E-state index in [1.807, 2.05) is 49.4 Å². The molecule has 1 aliphatic rings. The summed E-state index contributed by atoms with van der Waals surface area (Å²) in [6.07, 6.45) is 3.37. The van der Waals surface area contributed by atoms with Crippen molar-refractivity contribution in [3.05, 3.63) is 104 Å². The molecular formula is C23H16ClN5O2. The molecule has 0 aliphatic carbocycles. The van der Waals surface area contributed by atoms with Gasteiger partial charge in [0, 0.05) is 34.0 Å². The number of nitro benzene ring substituents is 1. The van der Waals surface area contributed by atoms with E-state index < -0.39 is 4.92 Å². The van der Waals surface area contributed by atoms with Crippen molar-refractivity contribution in [1.29, 1.82) is 0 Å². The number of nitrogens with one attached hydrogen (secondary N) is 2. The molecule has 0 atom stereocenters. The molecule has 0 saturated heterocycles. The molecule has 152 valence electrons. The van der Waals surface area contributed by atoms with Crippen LogP contribution in [0.5, 0.6) is 0 Å². The SMILES string of the molecule is Cc1cccc(C2=CNc3c(cc([N+](=O)[O-])c4[nH]ncc34)C(c3ccccc3Cl)=N2)c1. The Kier molecular flexibility index (Phi) is 4.52. The van der Waals surface area contributed by atoms with Gasteiger partial charge in [-0.2, -0.15) is 5.10 Å². The van der Waals surface area contributed by atoms with Gasteiger partial charge in [0.05, 0.1) is 33.6 Å². The highest BCUT2D eigenvalue weighted by atomic mass is 35.5. The van der Waals surface area contributed by atoms with Crippen molar-refractivity contribution in [3.8, 4) is 0 Å². The summed E-state index contributed by atoms with van der Waals surface area (Å²) in [7, 11) is 0. The monoisotopic (exact) mass is 429 g/mol. The number of non-ortho nitro benzene ring substituents is 1. The minimum atomic E-state index is -0.426. The van der Waals surface area contributed by atoms with Crippen molar-refractivity contribution in [2.75, 3.05) is 5.32 Å². The Morgan fingerprint density at radius 3 is 2.68 bits per heavy atom. The number of nitro groups is 1. The van der Waals surface area contributed by atoms with Crippen molar-refractivity contribution in [3.63, 3.8) is 0 Å². The summed E-state index contributed by atoms with van der Waals surface area (Å²) in [6.45, 7) is 2.01. The molecule has 2 heterocycles. The van der Waals surface area contributed by atoms with Gasteiger partial charge in [-0.25, -0.2) is 4.99 Å². The third-order valence-corrected chi connectivity index (χ3v) is 5.52. The lowest BCUT2D eigenvalue weighted by molar-refractivity contribution is -0.383. The van der Waals surface area contributed by atoms with Crippen LogP contribution in [0.25, 0.3) is 16.6 Å². The largest absolute Gasteiger partial charge is 0.359 e. The van der Waals surface area contributed by atoms with Crippen molar-refractivity contribution in [2.45, 2.75) is 6.92 Å². The van der Waals surface area contributed by atoms with Crippen molar-refractivity contribution >= 4 is 45.3 Å². The second kappa shape index (κ2) is 7.37. The van der Waals surface area contributed by atoms with Crippen LogP contribution >= 0.6 is 11.6 Å². The molecular weight excluding hydrogens is 414 g/mol. The van der Waals surface area contributed by atoms with Gasteiger partial charge in [-0.3, -0.25) is 15.2 Å². The number of nitrogens with zero attached hydrogens (tertiary/aromatic N) is 3. The van der Waals surface area contributed by atoms with Crippen molar-refractivity contribution in [2.24, 2.45) is 4.99 Å². The molecule has 3 aromatic carbocycles. The number of aryl methyl sites for hydroxylation is 1.